The van der Waals surface area contributed by atoms with E-state index in [4.69, 9.17) is 5.11 Å². The van der Waals surface area contributed by atoms with Gasteiger partial charge in [-0.1, -0.05) is 0 Å². The number of nitrogens with one attached hydrogen (secondary N) is 1. The fourth-order valence-corrected chi connectivity index (χ4v) is 0.725. The van der Waals surface area contributed by atoms with Crippen molar-refractivity contribution in [2.45, 2.75) is 32.0 Å². The largest absolute Gasteiger partial charge is 0.392 e. The van der Waals surface area contributed by atoms with Crippen molar-refractivity contribution in [1.82, 2.24) is 5.32 Å². The molecule has 0 rings (SSSR count). The first-order chi connectivity index (χ1) is 5.42. The van der Waals surface area contributed by atoms with Crippen LogP contribution >= 0.6 is 0 Å². The standard InChI is InChI=1S/C7H14F3NO/c1-6(12)5-11-4-2-3-7(8,9)10/h6,11-12H,2-5H2,1H3. The maximum absolute atomic E-state index is 11.6. The van der Waals surface area contributed by atoms with Gasteiger partial charge in [-0.15, -0.1) is 0 Å². The Balaban J connectivity index is 3.12. The summed E-state index contributed by atoms with van der Waals surface area (Å²) in [4.78, 5) is 0. The monoisotopic (exact) mass is 185 g/mol. The lowest BCUT2D eigenvalue weighted by atomic mass is 10.3. The van der Waals surface area contributed by atoms with Crippen molar-refractivity contribution >= 4 is 0 Å². The van der Waals surface area contributed by atoms with Crippen LogP contribution in [0.25, 0.3) is 0 Å². The fraction of sp³-hybridized carbons (Fsp3) is 1.00. The molecule has 0 aliphatic rings. The lowest BCUT2D eigenvalue weighted by molar-refractivity contribution is -0.135. The topological polar surface area (TPSA) is 32.3 Å². The number of hydrogen-bond donors (Lipinski definition) is 2. The van der Waals surface area contributed by atoms with Gasteiger partial charge in [0.1, 0.15) is 0 Å². The van der Waals surface area contributed by atoms with Crippen molar-refractivity contribution in [3.05, 3.63) is 0 Å². The van der Waals surface area contributed by atoms with Gasteiger partial charge in [-0.2, -0.15) is 13.2 Å². The van der Waals surface area contributed by atoms with Gasteiger partial charge in [0.25, 0.3) is 0 Å². The summed E-state index contributed by atoms with van der Waals surface area (Å²) in [6.07, 6.45) is -5.27. The molecule has 0 saturated carbocycles. The van der Waals surface area contributed by atoms with E-state index < -0.39 is 18.7 Å². The zero-order chi connectivity index (χ0) is 9.61. The first-order valence-electron chi connectivity index (χ1n) is 3.87. The van der Waals surface area contributed by atoms with Gasteiger partial charge in [-0.25, -0.2) is 0 Å². The van der Waals surface area contributed by atoms with Gasteiger partial charge in [-0.3, -0.25) is 0 Å². The van der Waals surface area contributed by atoms with Crippen molar-refractivity contribution < 1.29 is 18.3 Å². The molecule has 0 saturated heterocycles. The highest BCUT2D eigenvalue weighted by Gasteiger charge is 2.25. The van der Waals surface area contributed by atoms with Crippen molar-refractivity contribution in [2.24, 2.45) is 0 Å². The molecular weight excluding hydrogens is 171 g/mol. The molecule has 0 aromatic heterocycles. The van der Waals surface area contributed by atoms with Gasteiger partial charge in [-0.05, 0) is 19.9 Å². The zero-order valence-electron chi connectivity index (χ0n) is 6.99. The van der Waals surface area contributed by atoms with E-state index in [1.807, 2.05) is 0 Å². The number of hydrogen-bond acceptors (Lipinski definition) is 2. The average molecular weight is 185 g/mol. The highest BCUT2D eigenvalue weighted by atomic mass is 19.4. The van der Waals surface area contributed by atoms with Crippen LogP contribution in [0.1, 0.15) is 19.8 Å². The van der Waals surface area contributed by atoms with E-state index in [0.29, 0.717) is 13.1 Å². The minimum Gasteiger partial charge on any atom is -0.392 e. The lowest BCUT2D eigenvalue weighted by Gasteiger charge is -2.08. The normalized spacial score (nSPS) is 14.8. The van der Waals surface area contributed by atoms with Gasteiger partial charge in [0, 0.05) is 13.0 Å². The molecule has 1 unspecified atom stereocenters. The van der Waals surface area contributed by atoms with Crippen LogP contribution in [-0.2, 0) is 0 Å². The lowest BCUT2D eigenvalue weighted by Crippen LogP contribution is -2.26. The summed E-state index contributed by atoms with van der Waals surface area (Å²) in [6.45, 7) is 2.22. The van der Waals surface area contributed by atoms with Crippen molar-refractivity contribution in [2.75, 3.05) is 13.1 Å². The minimum atomic E-state index is -4.06. The molecule has 0 amide bonds. The van der Waals surface area contributed by atoms with Crippen LogP contribution < -0.4 is 5.32 Å². The maximum Gasteiger partial charge on any atom is 0.389 e. The molecule has 2 N–H and O–H groups in total. The molecule has 0 aromatic rings. The quantitative estimate of drug-likeness (QED) is 0.633. The first kappa shape index (κ1) is 11.7. The molecule has 0 aliphatic heterocycles. The molecule has 0 radical (unpaired) electrons. The van der Waals surface area contributed by atoms with E-state index in [0.717, 1.165) is 0 Å². The van der Waals surface area contributed by atoms with E-state index in [-0.39, 0.29) is 6.42 Å². The second-order valence-electron chi connectivity index (χ2n) is 2.77. The van der Waals surface area contributed by atoms with Crippen LogP contribution in [0.5, 0.6) is 0 Å². The van der Waals surface area contributed by atoms with Crippen LogP contribution in [0.4, 0.5) is 13.2 Å². The summed E-state index contributed by atoms with van der Waals surface area (Å²) < 4.78 is 34.7. The molecule has 74 valence electrons. The SMILES string of the molecule is CC(O)CNCCCC(F)(F)F. The fourth-order valence-electron chi connectivity index (χ4n) is 0.725. The van der Waals surface area contributed by atoms with Crippen LogP contribution in [-0.4, -0.2) is 30.5 Å². The van der Waals surface area contributed by atoms with E-state index in [9.17, 15) is 13.2 Å². The number of alkyl halides is 3. The summed E-state index contributed by atoms with van der Waals surface area (Å²) in [5.41, 5.74) is 0. The molecule has 1 atom stereocenters. The van der Waals surface area contributed by atoms with Gasteiger partial charge in [0.2, 0.25) is 0 Å². The van der Waals surface area contributed by atoms with Gasteiger partial charge in [0.05, 0.1) is 6.10 Å². The Morgan fingerprint density at radius 1 is 1.42 bits per heavy atom. The Morgan fingerprint density at radius 2 is 2.00 bits per heavy atom. The van der Waals surface area contributed by atoms with Crippen LogP contribution in [0.15, 0.2) is 0 Å². The zero-order valence-corrected chi connectivity index (χ0v) is 6.99. The average Bonchev–Trinajstić information content (AvgIpc) is 1.83. The Bertz CT molecular complexity index is 114. The molecule has 0 aromatic carbocycles. The highest BCUT2D eigenvalue weighted by molar-refractivity contribution is 4.56. The number of rotatable bonds is 5. The van der Waals surface area contributed by atoms with Gasteiger partial charge >= 0.3 is 6.18 Å². The second-order valence-corrected chi connectivity index (χ2v) is 2.77. The van der Waals surface area contributed by atoms with E-state index in [2.05, 4.69) is 5.32 Å². The van der Waals surface area contributed by atoms with Crippen LogP contribution in [0, 0.1) is 0 Å². The molecular formula is C7H14F3NO. The van der Waals surface area contributed by atoms with Crippen molar-refractivity contribution in [3.63, 3.8) is 0 Å². The van der Waals surface area contributed by atoms with E-state index >= 15 is 0 Å². The molecule has 0 spiro atoms. The predicted molar refractivity (Wildman–Crippen MR) is 39.8 cm³/mol. The number of halogens is 3. The summed E-state index contributed by atoms with van der Waals surface area (Å²) >= 11 is 0. The summed E-state index contributed by atoms with van der Waals surface area (Å²) in [6, 6.07) is 0. The molecule has 2 nitrogen and oxygen atoms in total. The minimum absolute atomic E-state index is 0.0657. The summed E-state index contributed by atoms with van der Waals surface area (Å²) in [5, 5.41) is 11.4. The molecule has 0 heterocycles. The number of aliphatic hydroxyl groups is 1. The van der Waals surface area contributed by atoms with E-state index in [1.54, 1.807) is 6.92 Å². The Morgan fingerprint density at radius 3 is 2.42 bits per heavy atom. The Hall–Kier alpha value is -0.290. The molecule has 5 heteroatoms. The third kappa shape index (κ3) is 9.71. The second kappa shape index (κ2) is 5.37. The smallest absolute Gasteiger partial charge is 0.389 e. The predicted octanol–water partition coefficient (Wildman–Crippen LogP) is 1.30. The summed E-state index contributed by atoms with van der Waals surface area (Å²) in [5.74, 6) is 0. The van der Waals surface area contributed by atoms with Crippen molar-refractivity contribution in [1.29, 1.82) is 0 Å². The summed E-state index contributed by atoms with van der Waals surface area (Å²) in [7, 11) is 0. The third-order valence-electron chi connectivity index (χ3n) is 1.25. The highest BCUT2D eigenvalue weighted by Crippen LogP contribution is 2.20. The number of aliphatic hydroxyl groups excluding tert-OH is 1. The van der Waals surface area contributed by atoms with Gasteiger partial charge < -0.3 is 10.4 Å². The third-order valence-corrected chi connectivity index (χ3v) is 1.25. The maximum atomic E-state index is 11.6. The molecule has 0 fully saturated rings. The molecule has 0 bridgehead atoms. The van der Waals surface area contributed by atoms with E-state index in [1.165, 1.54) is 0 Å². The Kier molecular flexibility index (Phi) is 5.24. The van der Waals surface area contributed by atoms with Crippen LogP contribution in [0.2, 0.25) is 0 Å². The molecule has 12 heavy (non-hydrogen) atoms. The molecule has 0 aliphatic carbocycles. The van der Waals surface area contributed by atoms with Crippen molar-refractivity contribution in [3.8, 4) is 0 Å². The first-order valence-corrected chi connectivity index (χ1v) is 3.87. The Labute approximate surface area is 69.8 Å². The van der Waals surface area contributed by atoms with Crippen LogP contribution in [0.3, 0.4) is 0 Å². The van der Waals surface area contributed by atoms with Gasteiger partial charge in [0.15, 0.2) is 0 Å².